The summed E-state index contributed by atoms with van der Waals surface area (Å²) in [4.78, 5) is 15.8. The Morgan fingerprint density at radius 3 is 2.85 bits per heavy atom. The second-order valence-electron chi connectivity index (χ2n) is 10.2. The van der Waals surface area contributed by atoms with Crippen LogP contribution in [0.5, 0.6) is 5.75 Å². The van der Waals surface area contributed by atoms with Gasteiger partial charge in [0.25, 0.3) is 0 Å². The molecule has 3 aliphatic carbocycles. The Morgan fingerprint density at radius 2 is 2.11 bits per heavy atom. The first-order chi connectivity index (χ1) is 13.0. The van der Waals surface area contributed by atoms with Crippen molar-refractivity contribution in [3.63, 3.8) is 0 Å². The molecule has 1 saturated heterocycles. The highest BCUT2D eigenvalue weighted by molar-refractivity contribution is 5.89. The first-order valence-corrected chi connectivity index (χ1v) is 11.1. The van der Waals surface area contributed by atoms with Gasteiger partial charge in [0.2, 0.25) is 0 Å². The first-order valence-electron chi connectivity index (χ1n) is 11.1. The number of Topliss-reactive ketones (excluding diaryl/α,β-unsaturated/α-hetero) is 1. The largest absolute Gasteiger partial charge is 0.481 e. The van der Waals surface area contributed by atoms with Crippen LogP contribution in [0, 0.1) is 18.8 Å². The lowest BCUT2D eigenvalue weighted by Gasteiger charge is -2.58. The highest BCUT2D eigenvalue weighted by Crippen LogP contribution is 2.63. The molecule has 6 rings (SSSR count). The Morgan fingerprint density at radius 1 is 1.30 bits per heavy atom. The lowest BCUT2D eigenvalue weighted by molar-refractivity contribution is -0.138. The van der Waals surface area contributed by atoms with Gasteiger partial charge in [-0.1, -0.05) is 19.9 Å². The number of hydrogen-bond acceptors (Lipinski definition) is 3. The van der Waals surface area contributed by atoms with Gasteiger partial charge in [-0.2, -0.15) is 0 Å². The maximum absolute atomic E-state index is 13.0. The highest BCUT2D eigenvalue weighted by atomic mass is 16.5. The van der Waals surface area contributed by atoms with Crippen molar-refractivity contribution in [1.82, 2.24) is 4.90 Å². The fraction of sp³-hybridized carbons (Fsp3) is 0.708. The van der Waals surface area contributed by atoms with E-state index in [2.05, 4.69) is 31.7 Å². The molecule has 2 heterocycles. The van der Waals surface area contributed by atoms with Crippen LogP contribution in [0.4, 0.5) is 0 Å². The standard InChI is InChI=1S/C24H31NO2/c1-13(2)16-10-14(3)22-21-17(16)11-19-18-6-7-20(26)23(27-22)24(18,21)8-9-25(19)12-15-4-5-15/h10,13,15,18-19,23H,4-9,11-12H2,1-3H3. The number of benzene rings is 1. The van der Waals surface area contributed by atoms with Crippen LogP contribution in [0.15, 0.2) is 6.07 Å². The number of ketones is 1. The van der Waals surface area contributed by atoms with Crippen molar-refractivity contribution in [3.8, 4) is 5.75 Å². The average molecular weight is 366 g/mol. The minimum Gasteiger partial charge on any atom is -0.481 e. The lowest BCUT2D eigenvalue weighted by atomic mass is 9.51. The summed E-state index contributed by atoms with van der Waals surface area (Å²) in [6, 6.07) is 2.97. The summed E-state index contributed by atoms with van der Waals surface area (Å²) in [6.07, 6.45) is 6.68. The molecule has 4 unspecified atom stereocenters. The summed E-state index contributed by atoms with van der Waals surface area (Å²) in [7, 11) is 0. The molecule has 3 heteroatoms. The van der Waals surface area contributed by atoms with Crippen LogP contribution >= 0.6 is 0 Å². The summed E-state index contributed by atoms with van der Waals surface area (Å²) >= 11 is 0. The van der Waals surface area contributed by atoms with Crippen LogP contribution in [0.2, 0.25) is 0 Å². The molecule has 27 heavy (non-hydrogen) atoms. The van der Waals surface area contributed by atoms with E-state index in [4.69, 9.17) is 4.74 Å². The summed E-state index contributed by atoms with van der Waals surface area (Å²) in [5.41, 5.74) is 5.73. The van der Waals surface area contributed by atoms with Gasteiger partial charge < -0.3 is 4.74 Å². The van der Waals surface area contributed by atoms with E-state index in [1.807, 2.05) is 0 Å². The molecule has 3 fully saturated rings. The van der Waals surface area contributed by atoms with Crippen molar-refractivity contribution < 1.29 is 9.53 Å². The molecule has 2 bridgehead atoms. The van der Waals surface area contributed by atoms with Gasteiger partial charge in [-0.3, -0.25) is 9.69 Å². The number of nitrogens with zero attached hydrogens (tertiary/aromatic N) is 1. The molecule has 2 aliphatic heterocycles. The third-order valence-corrected chi connectivity index (χ3v) is 8.40. The van der Waals surface area contributed by atoms with E-state index in [0.717, 1.165) is 31.1 Å². The number of aryl methyl sites for hydroxylation is 1. The maximum atomic E-state index is 13.0. The Balaban J connectivity index is 1.57. The van der Waals surface area contributed by atoms with Crippen molar-refractivity contribution in [1.29, 1.82) is 0 Å². The fourth-order valence-corrected chi connectivity index (χ4v) is 7.08. The van der Waals surface area contributed by atoms with Crippen molar-refractivity contribution in [2.24, 2.45) is 11.8 Å². The van der Waals surface area contributed by atoms with Crippen molar-refractivity contribution >= 4 is 5.78 Å². The molecule has 144 valence electrons. The Kier molecular flexibility index (Phi) is 3.30. The number of likely N-dealkylation sites (tertiary alicyclic amines) is 1. The first kappa shape index (κ1) is 16.6. The number of rotatable bonds is 3. The van der Waals surface area contributed by atoms with E-state index < -0.39 is 0 Å². The summed E-state index contributed by atoms with van der Waals surface area (Å²) in [6.45, 7) is 9.25. The summed E-state index contributed by atoms with van der Waals surface area (Å²) in [5, 5.41) is 0. The minimum absolute atomic E-state index is 0.0291. The molecule has 0 aromatic heterocycles. The third kappa shape index (κ3) is 2.04. The Hall–Kier alpha value is -1.35. The second-order valence-corrected chi connectivity index (χ2v) is 10.2. The van der Waals surface area contributed by atoms with Gasteiger partial charge in [0.05, 0.1) is 0 Å². The zero-order valence-electron chi connectivity index (χ0n) is 16.9. The quantitative estimate of drug-likeness (QED) is 0.806. The van der Waals surface area contributed by atoms with Gasteiger partial charge in [0.15, 0.2) is 11.9 Å². The zero-order chi connectivity index (χ0) is 18.5. The second kappa shape index (κ2) is 5.37. The third-order valence-electron chi connectivity index (χ3n) is 8.40. The van der Waals surface area contributed by atoms with Gasteiger partial charge in [0, 0.05) is 30.0 Å². The number of hydrogen-bond donors (Lipinski definition) is 0. The smallest absolute Gasteiger partial charge is 0.174 e. The molecule has 1 spiro atoms. The molecular formula is C24H31NO2. The topological polar surface area (TPSA) is 29.5 Å². The Bertz CT molecular complexity index is 839. The molecule has 0 N–H and O–H groups in total. The van der Waals surface area contributed by atoms with Crippen LogP contribution in [-0.2, 0) is 16.6 Å². The van der Waals surface area contributed by atoms with E-state index in [-0.39, 0.29) is 11.5 Å². The van der Waals surface area contributed by atoms with Crippen molar-refractivity contribution in [2.45, 2.75) is 82.8 Å². The zero-order valence-corrected chi connectivity index (χ0v) is 16.9. The fourth-order valence-electron chi connectivity index (χ4n) is 7.08. The molecule has 5 aliphatic rings. The van der Waals surface area contributed by atoms with Gasteiger partial charge in [-0.15, -0.1) is 0 Å². The highest BCUT2D eigenvalue weighted by Gasteiger charge is 2.66. The molecule has 1 aromatic carbocycles. The average Bonchev–Trinajstić information content (AvgIpc) is 3.38. The monoisotopic (exact) mass is 365 g/mol. The number of ether oxygens (including phenoxy) is 1. The number of piperidine rings is 1. The van der Waals surface area contributed by atoms with Crippen LogP contribution in [0.1, 0.15) is 74.1 Å². The van der Waals surface area contributed by atoms with Gasteiger partial charge in [-0.05, 0) is 80.0 Å². The predicted molar refractivity (Wildman–Crippen MR) is 105 cm³/mol. The van der Waals surface area contributed by atoms with E-state index in [0.29, 0.717) is 30.1 Å². The van der Waals surface area contributed by atoms with E-state index in [9.17, 15) is 4.79 Å². The SMILES string of the molecule is Cc1cc(C(C)C)c2c3c1OC1C(=O)CCC4C(C2)N(CC2CC2)CCC314. The Labute approximate surface area is 162 Å². The van der Waals surface area contributed by atoms with Crippen LogP contribution in [0.25, 0.3) is 0 Å². The normalized spacial score (nSPS) is 36.7. The summed E-state index contributed by atoms with van der Waals surface area (Å²) < 4.78 is 6.52. The van der Waals surface area contributed by atoms with E-state index >= 15 is 0 Å². The van der Waals surface area contributed by atoms with Crippen LogP contribution < -0.4 is 4.74 Å². The molecule has 2 saturated carbocycles. The molecule has 0 radical (unpaired) electrons. The van der Waals surface area contributed by atoms with Crippen molar-refractivity contribution in [3.05, 3.63) is 28.3 Å². The van der Waals surface area contributed by atoms with Gasteiger partial charge in [0.1, 0.15) is 5.75 Å². The summed E-state index contributed by atoms with van der Waals surface area (Å²) in [5.74, 6) is 3.49. The van der Waals surface area contributed by atoms with E-state index in [1.54, 1.807) is 5.56 Å². The van der Waals surface area contributed by atoms with Crippen LogP contribution in [0.3, 0.4) is 0 Å². The van der Waals surface area contributed by atoms with Crippen LogP contribution in [-0.4, -0.2) is 35.9 Å². The number of carbonyl (C=O) groups is 1. The van der Waals surface area contributed by atoms with E-state index in [1.165, 1.54) is 42.5 Å². The minimum atomic E-state index is -0.211. The van der Waals surface area contributed by atoms with Gasteiger partial charge >= 0.3 is 0 Å². The molecule has 1 aromatic rings. The predicted octanol–water partition coefficient (Wildman–Crippen LogP) is 4.14. The molecular weight excluding hydrogens is 334 g/mol. The maximum Gasteiger partial charge on any atom is 0.174 e. The number of carbonyl (C=O) groups excluding carboxylic acids is 1. The molecule has 3 nitrogen and oxygen atoms in total. The molecule has 4 atom stereocenters. The molecule has 0 amide bonds. The lowest BCUT2D eigenvalue weighted by Crippen LogP contribution is -2.66. The van der Waals surface area contributed by atoms with Crippen molar-refractivity contribution in [2.75, 3.05) is 13.1 Å². The van der Waals surface area contributed by atoms with Gasteiger partial charge in [-0.25, -0.2) is 0 Å².